The molecule has 1 saturated heterocycles. The molecule has 0 saturated carbocycles. The minimum Gasteiger partial charge on any atom is -0.487 e. The van der Waals surface area contributed by atoms with E-state index in [1.807, 2.05) is 48.5 Å². The van der Waals surface area contributed by atoms with Crippen molar-refractivity contribution in [2.45, 2.75) is 37.9 Å². The molecule has 38 heavy (non-hydrogen) atoms. The molecular weight excluding hydrogens is 500 g/mol. The molecule has 2 aromatic carbocycles. The van der Waals surface area contributed by atoms with Crippen LogP contribution < -0.4 is 4.74 Å². The highest BCUT2D eigenvalue weighted by Crippen LogP contribution is 2.38. The molecule has 0 unspecified atom stereocenters. The number of rotatable bonds is 7. The SMILES string of the molecule is C=C(CC(=O)O)c1ccc2c(c1)/C(=C/CCN1CCC(O)(c3ccc(Cl)cc3)CC1)c1cccnc1CO2. The summed E-state index contributed by atoms with van der Waals surface area (Å²) in [7, 11) is 0. The summed E-state index contributed by atoms with van der Waals surface area (Å²) >= 11 is 6.02. The number of likely N-dealkylation sites (tertiary alicyclic amines) is 1. The van der Waals surface area contributed by atoms with E-state index in [1.54, 1.807) is 6.20 Å². The Balaban J connectivity index is 1.34. The molecule has 196 valence electrons. The molecule has 7 heteroatoms. The van der Waals surface area contributed by atoms with Gasteiger partial charge in [0, 0.05) is 42.0 Å². The Morgan fingerprint density at radius 1 is 1.13 bits per heavy atom. The number of carboxylic acid groups (broad SMARTS) is 1. The fourth-order valence-corrected chi connectivity index (χ4v) is 5.39. The quantitative estimate of drug-likeness (QED) is 0.394. The summed E-state index contributed by atoms with van der Waals surface area (Å²) < 4.78 is 6.09. The van der Waals surface area contributed by atoms with E-state index in [1.165, 1.54) is 0 Å². The maximum absolute atomic E-state index is 11.2. The summed E-state index contributed by atoms with van der Waals surface area (Å²) in [6.45, 7) is 6.82. The van der Waals surface area contributed by atoms with E-state index in [0.717, 1.165) is 65.3 Å². The molecule has 0 aliphatic carbocycles. The Labute approximate surface area is 227 Å². The third-order valence-corrected chi connectivity index (χ3v) is 7.70. The number of aliphatic carboxylic acids is 1. The van der Waals surface area contributed by atoms with Gasteiger partial charge in [0.25, 0.3) is 0 Å². The van der Waals surface area contributed by atoms with Gasteiger partial charge in [0.2, 0.25) is 0 Å². The second kappa shape index (κ2) is 11.1. The third kappa shape index (κ3) is 5.68. The zero-order valence-electron chi connectivity index (χ0n) is 21.2. The van der Waals surface area contributed by atoms with E-state index in [-0.39, 0.29) is 6.42 Å². The van der Waals surface area contributed by atoms with Crippen molar-refractivity contribution in [1.29, 1.82) is 0 Å². The normalized spacial score (nSPS) is 17.7. The van der Waals surface area contributed by atoms with E-state index >= 15 is 0 Å². The second-order valence-electron chi connectivity index (χ2n) is 9.96. The number of aromatic nitrogens is 1. The van der Waals surface area contributed by atoms with Crippen LogP contribution in [0.5, 0.6) is 5.75 Å². The van der Waals surface area contributed by atoms with E-state index in [2.05, 4.69) is 28.6 Å². The number of piperidine rings is 1. The largest absolute Gasteiger partial charge is 0.487 e. The molecule has 0 atom stereocenters. The van der Waals surface area contributed by atoms with Gasteiger partial charge in [-0.3, -0.25) is 9.78 Å². The van der Waals surface area contributed by atoms with Gasteiger partial charge in [0.05, 0.1) is 17.7 Å². The van der Waals surface area contributed by atoms with Gasteiger partial charge in [-0.05, 0) is 71.9 Å². The number of benzene rings is 2. The molecule has 1 aromatic heterocycles. The van der Waals surface area contributed by atoms with Crippen LogP contribution in [0.25, 0.3) is 11.1 Å². The molecule has 0 bridgehead atoms. The Morgan fingerprint density at radius 3 is 2.63 bits per heavy atom. The third-order valence-electron chi connectivity index (χ3n) is 7.45. The van der Waals surface area contributed by atoms with Crippen molar-refractivity contribution in [3.05, 3.63) is 106 Å². The summed E-state index contributed by atoms with van der Waals surface area (Å²) in [5, 5.41) is 21.1. The topological polar surface area (TPSA) is 82.9 Å². The number of hydrogen-bond acceptors (Lipinski definition) is 5. The Kier molecular flexibility index (Phi) is 7.65. The first-order valence-corrected chi connectivity index (χ1v) is 13.2. The first kappa shape index (κ1) is 26.2. The van der Waals surface area contributed by atoms with Crippen molar-refractivity contribution in [2.24, 2.45) is 0 Å². The molecule has 3 heterocycles. The van der Waals surface area contributed by atoms with Gasteiger partial charge in [-0.1, -0.05) is 48.5 Å². The molecule has 3 aromatic rings. The monoisotopic (exact) mass is 530 g/mol. The second-order valence-corrected chi connectivity index (χ2v) is 10.4. The van der Waals surface area contributed by atoms with Gasteiger partial charge in [-0.2, -0.15) is 0 Å². The van der Waals surface area contributed by atoms with Gasteiger partial charge >= 0.3 is 5.97 Å². The van der Waals surface area contributed by atoms with Crippen LogP contribution in [0.4, 0.5) is 0 Å². The maximum Gasteiger partial charge on any atom is 0.307 e. The predicted molar refractivity (Wildman–Crippen MR) is 149 cm³/mol. The highest BCUT2D eigenvalue weighted by Gasteiger charge is 2.33. The first-order valence-electron chi connectivity index (χ1n) is 12.8. The average molecular weight is 531 g/mol. The Hall–Kier alpha value is -3.45. The first-order chi connectivity index (χ1) is 18.3. The smallest absolute Gasteiger partial charge is 0.307 e. The van der Waals surface area contributed by atoms with Crippen LogP contribution >= 0.6 is 11.6 Å². The number of nitrogens with zero attached hydrogens (tertiary/aromatic N) is 2. The average Bonchev–Trinajstić information content (AvgIpc) is 3.06. The maximum atomic E-state index is 11.2. The lowest BCUT2D eigenvalue weighted by Gasteiger charge is -2.38. The van der Waals surface area contributed by atoms with Crippen LogP contribution in [0, 0.1) is 0 Å². The van der Waals surface area contributed by atoms with Crippen molar-refractivity contribution in [2.75, 3.05) is 19.6 Å². The fourth-order valence-electron chi connectivity index (χ4n) is 5.27. The molecule has 2 aliphatic heterocycles. The van der Waals surface area contributed by atoms with Gasteiger partial charge in [-0.15, -0.1) is 0 Å². The van der Waals surface area contributed by atoms with Crippen LogP contribution in [0.3, 0.4) is 0 Å². The minimum absolute atomic E-state index is 0.117. The fraction of sp³-hybridized carbons (Fsp3) is 0.290. The summed E-state index contributed by atoms with van der Waals surface area (Å²) in [6.07, 6.45) is 6.02. The van der Waals surface area contributed by atoms with Crippen LogP contribution in [0.1, 0.15) is 53.6 Å². The molecule has 0 spiro atoms. The summed E-state index contributed by atoms with van der Waals surface area (Å²) in [4.78, 5) is 18.2. The number of ether oxygens (including phenoxy) is 1. The molecule has 0 radical (unpaired) electrons. The number of pyridine rings is 1. The molecule has 0 amide bonds. The molecule has 1 fully saturated rings. The lowest BCUT2D eigenvalue weighted by molar-refractivity contribution is -0.135. The van der Waals surface area contributed by atoms with Crippen LogP contribution in [0.2, 0.25) is 5.02 Å². The van der Waals surface area contributed by atoms with Gasteiger partial charge in [0.1, 0.15) is 12.4 Å². The molecule has 6 nitrogen and oxygen atoms in total. The number of carbonyl (C=O) groups is 1. The Morgan fingerprint density at radius 2 is 1.89 bits per heavy atom. The predicted octanol–water partition coefficient (Wildman–Crippen LogP) is 5.92. The zero-order chi connectivity index (χ0) is 26.7. The van der Waals surface area contributed by atoms with Crippen molar-refractivity contribution < 1.29 is 19.7 Å². The zero-order valence-corrected chi connectivity index (χ0v) is 22.0. The van der Waals surface area contributed by atoms with Crippen LogP contribution in [0.15, 0.2) is 73.4 Å². The van der Waals surface area contributed by atoms with Crippen molar-refractivity contribution in [3.8, 4) is 5.75 Å². The minimum atomic E-state index is -0.906. The standard InChI is InChI=1S/C31H31ClN2O4/c1-21(18-30(35)36)22-6-11-29-27(19-22)25(26-4-2-14-33-28(26)20-38-29)5-3-15-34-16-12-31(37,13-17-34)23-7-9-24(32)10-8-23/h2,4-11,14,19,37H,1,3,12-13,15-18,20H2,(H,35,36)/b25-5+. The Bertz CT molecular complexity index is 1370. The molecule has 5 rings (SSSR count). The number of hydrogen-bond donors (Lipinski definition) is 2. The van der Waals surface area contributed by atoms with Gasteiger partial charge < -0.3 is 19.8 Å². The van der Waals surface area contributed by atoms with Crippen molar-refractivity contribution in [3.63, 3.8) is 0 Å². The molecule has 2 N–H and O–H groups in total. The lowest BCUT2D eigenvalue weighted by atomic mass is 9.84. The van der Waals surface area contributed by atoms with Crippen LogP contribution in [-0.4, -0.2) is 45.7 Å². The number of carboxylic acids is 1. The summed E-state index contributed by atoms with van der Waals surface area (Å²) in [5.74, 6) is -0.164. The van der Waals surface area contributed by atoms with Crippen molar-refractivity contribution in [1.82, 2.24) is 9.88 Å². The molecular formula is C31H31ClN2O4. The number of aliphatic hydroxyl groups is 1. The summed E-state index contributed by atoms with van der Waals surface area (Å²) in [6, 6.07) is 17.2. The van der Waals surface area contributed by atoms with E-state index in [4.69, 9.17) is 16.3 Å². The van der Waals surface area contributed by atoms with E-state index < -0.39 is 11.6 Å². The molecule has 2 aliphatic rings. The highest BCUT2D eigenvalue weighted by atomic mass is 35.5. The van der Waals surface area contributed by atoms with Crippen molar-refractivity contribution >= 4 is 28.7 Å². The van der Waals surface area contributed by atoms with E-state index in [9.17, 15) is 15.0 Å². The number of fused-ring (bicyclic) bond motifs is 2. The van der Waals surface area contributed by atoms with Crippen LogP contribution in [-0.2, 0) is 17.0 Å². The summed E-state index contributed by atoms with van der Waals surface area (Å²) in [5.41, 5.74) is 5.26. The highest BCUT2D eigenvalue weighted by molar-refractivity contribution is 6.30. The number of halogens is 1. The van der Waals surface area contributed by atoms with E-state index in [0.29, 0.717) is 30.0 Å². The van der Waals surface area contributed by atoms with Gasteiger partial charge in [-0.25, -0.2) is 0 Å². The lowest BCUT2D eigenvalue weighted by Crippen LogP contribution is -2.42. The van der Waals surface area contributed by atoms with Gasteiger partial charge in [0.15, 0.2) is 0 Å².